The second kappa shape index (κ2) is 9.59. The van der Waals surface area contributed by atoms with E-state index in [4.69, 9.17) is 4.74 Å². The molecule has 5 nitrogen and oxygen atoms in total. The summed E-state index contributed by atoms with van der Waals surface area (Å²) in [6.07, 6.45) is -0.669. The fourth-order valence-corrected chi connectivity index (χ4v) is 2.96. The molecule has 1 N–H and O–H groups in total. The van der Waals surface area contributed by atoms with E-state index in [0.717, 1.165) is 0 Å². The molecule has 0 bridgehead atoms. The van der Waals surface area contributed by atoms with Gasteiger partial charge >= 0.3 is 0 Å². The molecule has 2 amide bonds. The van der Waals surface area contributed by atoms with Crippen molar-refractivity contribution in [2.24, 2.45) is 0 Å². The van der Waals surface area contributed by atoms with Crippen LogP contribution in [0.15, 0.2) is 48.5 Å². The third-order valence-corrected chi connectivity index (χ3v) is 4.83. The molecule has 2 aromatic rings. The van der Waals surface area contributed by atoms with Gasteiger partial charge in [0.25, 0.3) is 11.8 Å². The molecule has 1 unspecified atom stereocenters. The Morgan fingerprint density at radius 3 is 2.21 bits per heavy atom. The topological polar surface area (TPSA) is 58.6 Å². The first-order valence-corrected chi connectivity index (χ1v) is 10.1. The van der Waals surface area contributed by atoms with Gasteiger partial charge in [0.05, 0.1) is 0 Å². The largest absolute Gasteiger partial charge is 0.481 e. The number of hydrogen-bond donors (Lipinski definition) is 1. The molecule has 0 radical (unpaired) electrons. The van der Waals surface area contributed by atoms with E-state index in [1.165, 1.54) is 5.56 Å². The quantitative estimate of drug-likeness (QED) is 0.726. The van der Waals surface area contributed by atoms with Crippen molar-refractivity contribution in [1.29, 1.82) is 0 Å². The lowest BCUT2D eigenvalue weighted by atomic mass is 9.87. The maximum Gasteiger partial charge on any atom is 0.265 e. The van der Waals surface area contributed by atoms with Gasteiger partial charge in [0.15, 0.2) is 6.10 Å². The second-order valence-corrected chi connectivity index (χ2v) is 8.08. The predicted molar refractivity (Wildman–Crippen MR) is 118 cm³/mol. The van der Waals surface area contributed by atoms with Gasteiger partial charge in [0.2, 0.25) is 0 Å². The maximum atomic E-state index is 12.5. The number of rotatable bonds is 7. The molecule has 0 heterocycles. The van der Waals surface area contributed by atoms with Gasteiger partial charge in [-0.05, 0) is 62.1 Å². The Labute approximate surface area is 174 Å². The lowest BCUT2D eigenvalue weighted by Gasteiger charge is -2.20. The smallest absolute Gasteiger partial charge is 0.265 e. The van der Waals surface area contributed by atoms with Crippen LogP contribution in [0.1, 0.15) is 57.5 Å². The fourth-order valence-electron chi connectivity index (χ4n) is 2.96. The van der Waals surface area contributed by atoms with Crippen LogP contribution < -0.4 is 10.1 Å². The van der Waals surface area contributed by atoms with Crippen LogP contribution in [0.4, 0.5) is 5.69 Å². The van der Waals surface area contributed by atoms with Crippen LogP contribution in [0.25, 0.3) is 0 Å². The minimum absolute atomic E-state index is 0.0469. The summed E-state index contributed by atoms with van der Waals surface area (Å²) >= 11 is 0. The van der Waals surface area contributed by atoms with Crippen LogP contribution in [-0.4, -0.2) is 35.9 Å². The van der Waals surface area contributed by atoms with Crippen LogP contribution >= 0.6 is 0 Å². The number of nitrogens with one attached hydrogen (secondary N) is 1. The highest BCUT2D eigenvalue weighted by atomic mass is 16.5. The molecule has 5 heteroatoms. The number of anilines is 1. The number of amides is 2. The van der Waals surface area contributed by atoms with E-state index in [2.05, 4.69) is 26.1 Å². The van der Waals surface area contributed by atoms with Gasteiger partial charge in [0, 0.05) is 24.3 Å². The Morgan fingerprint density at radius 1 is 1.03 bits per heavy atom. The zero-order chi connectivity index (χ0) is 21.6. The van der Waals surface area contributed by atoms with Gasteiger partial charge in [-0.2, -0.15) is 0 Å². The molecule has 0 saturated carbocycles. The van der Waals surface area contributed by atoms with E-state index >= 15 is 0 Å². The van der Waals surface area contributed by atoms with Gasteiger partial charge in [-0.15, -0.1) is 0 Å². The summed E-state index contributed by atoms with van der Waals surface area (Å²) < 4.78 is 5.78. The third-order valence-electron chi connectivity index (χ3n) is 4.83. The summed E-state index contributed by atoms with van der Waals surface area (Å²) in [5.74, 6) is 0.331. The van der Waals surface area contributed by atoms with Crippen LogP contribution in [0.5, 0.6) is 5.75 Å². The predicted octanol–water partition coefficient (Wildman–Crippen LogP) is 4.87. The Balaban J connectivity index is 2.02. The molecule has 0 aromatic heterocycles. The Hall–Kier alpha value is -2.82. The summed E-state index contributed by atoms with van der Waals surface area (Å²) in [5.41, 5.74) is 2.40. The molecular weight excluding hydrogens is 364 g/mol. The van der Waals surface area contributed by atoms with E-state index < -0.39 is 6.10 Å². The minimum atomic E-state index is -0.669. The van der Waals surface area contributed by atoms with E-state index in [9.17, 15) is 9.59 Å². The number of hydrogen-bond acceptors (Lipinski definition) is 3. The molecule has 29 heavy (non-hydrogen) atoms. The number of carbonyl (C=O) groups excluding carboxylic acids is 2. The molecular formula is C24H32N2O3. The van der Waals surface area contributed by atoms with Crippen LogP contribution in [0.3, 0.4) is 0 Å². The maximum absolute atomic E-state index is 12.5. The lowest BCUT2D eigenvalue weighted by Crippen LogP contribution is -2.31. The fraction of sp³-hybridized carbons (Fsp3) is 0.417. The summed E-state index contributed by atoms with van der Waals surface area (Å²) in [5, 5.41) is 2.83. The van der Waals surface area contributed by atoms with Gasteiger partial charge in [-0.1, -0.05) is 39.0 Å². The molecule has 0 saturated heterocycles. The molecule has 0 aliphatic rings. The highest BCUT2D eigenvalue weighted by molar-refractivity contribution is 5.98. The summed E-state index contributed by atoms with van der Waals surface area (Å²) in [6.45, 7) is 13.3. The van der Waals surface area contributed by atoms with Crippen molar-refractivity contribution in [3.63, 3.8) is 0 Å². The third kappa shape index (κ3) is 6.08. The second-order valence-electron chi connectivity index (χ2n) is 8.08. The van der Waals surface area contributed by atoms with Gasteiger partial charge in [0.1, 0.15) is 5.75 Å². The highest BCUT2D eigenvalue weighted by Gasteiger charge is 2.18. The molecule has 0 spiro atoms. The number of carbonyl (C=O) groups is 2. The summed E-state index contributed by atoms with van der Waals surface area (Å²) in [6, 6.07) is 14.8. The number of ether oxygens (including phenoxy) is 1. The Morgan fingerprint density at radius 2 is 1.66 bits per heavy atom. The van der Waals surface area contributed by atoms with Crippen molar-refractivity contribution in [2.75, 3.05) is 18.4 Å². The molecule has 2 rings (SSSR count). The van der Waals surface area contributed by atoms with Crippen LogP contribution in [0, 0.1) is 0 Å². The van der Waals surface area contributed by atoms with E-state index in [0.29, 0.717) is 30.1 Å². The van der Waals surface area contributed by atoms with E-state index in [1.807, 2.05) is 38.1 Å². The van der Waals surface area contributed by atoms with Crippen molar-refractivity contribution in [1.82, 2.24) is 4.90 Å². The molecule has 0 aliphatic carbocycles. The van der Waals surface area contributed by atoms with E-state index in [-0.39, 0.29) is 17.2 Å². The molecule has 0 fully saturated rings. The average Bonchev–Trinajstić information content (AvgIpc) is 2.68. The normalized spacial score (nSPS) is 12.2. The van der Waals surface area contributed by atoms with Crippen molar-refractivity contribution in [3.8, 4) is 5.75 Å². The standard InChI is InChI=1S/C24H32N2O3/c1-7-26(8-2)23(28)18-10-9-11-20(16-18)25-22(27)17(3)29-21-14-12-19(13-15-21)24(4,5)6/h9-17H,7-8H2,1-6H3,(H,25,27). The average molecular weight is 397 g/mol. The summed E-state index contributed by atoms with van der Waals surface area (Å²) in [7, 11) is 0. The van der Waals surface area contributed by atoms with Crippen molar-refractivity contribution < 1.29 is 14.3 Å². The van der Waals surface area contributed by atoms with Crippen molar-refractivity contribution in [3.05, 3.63) is 59.7 Å². The monoisotopic (exact) mass is 396 g/mol. The Kier molecular flexibility index (Phi) is 7.43. The first-order chi connectivity index (χ1) is 13.7. The first-order valence-electron chi connectivity index (χ1n) is 10.1. The lowest BCUT2D eigenvalue weighted by molar-refractivity contribution is -0.122. The van der Waals surface area contributed by atoms with Crippen molar-refractivity contribution in [2.45, 2.75) is 53.1 Å². The minimum Gasteiger partial charge on any atom is -0.481 e. The number of nitrogens with zero attached hydrogens (tertiary/aromatic N) is 1. The summed E-state index contributed by atoms with van der Waals surface area (Å²) in [4.78, 5) is 26.8. The number of benzene rings is 2. The zero-order valence-electron chi connectivity index (χ0n) is 18.3. The van der Waals surface area contributed by atoms with Crippen LogP contribution in [0.2, 0.25) is 0 Å². The molecule has 0 aliphatic heterocycles. The van der Waals surface area contributed by atoms with E-state index in [1.54, 1.807) is 36.1 Å². The van der Waals surface area contributed by atoms with Gasteiger partial charge in [-0.25, -0.2) is 0 Å². The Bertz CT molecular complexity index is 834. The molecule has 2 aromatic carbocycles. The van der Waals surface area contributed by atoms with Gasteiger partial charge in [-0.3, -0.25) is 9.59 Å². The zero-order valence-corrected chi connectivity index (χ0v) is 18.3. The van der Waals surface area contributed by atoms with Gasteiger partial charge < -0.3 is 15.0 Å². The van der Waals surface area contributed by atoms with Crippen LogP contribution in [-0.2, 0) is 10.2 Å². The molecule has 156 valence electrons. The first kappa shape index (κ1) is 22.5. The molecule has 1 atom stereocenters. The van der Waals surface area contributed by atoms with Crippen molar-refractivity contribution >= 4 is 17.5 Å². The highest BCUT2D eigenvalue weighted by Crippen LogP contribution is 2.24. The SMILES string of the molecule is CCN(CC)C(=O)c1cccc(NC(=O)C(C)Oc2ccc(C(C)(C)C)cc2)c1.